The maximum absolute atomic E-state index is 12.0. The molecule has 2 unspecified atom stereocenters. The predicted octanol–water partition coefficient (Wildman–Crippen LogP) is -0.419. The van der Waals surface area contributed by atoms with Gasteiger partial charge < -0.3 is 33.5 Å². The average molecular weight is 694 g/mol. The molecule has 3 N–H and O–H groups in total. The Hall–Kier alpha value is -2.45. The van der Waals surface area contributed by atoms with Crippen molar-refractivity contribution in [3.8, 4) is 0 Å². The number of halogens is 1. The third-order valence-corrected chi connectivity index (χ3v) is 7.34. The summed E-state index contributed by atoms with van der Waals surface area (Å²) in [5.41, 5.74) is -1.67. The second-order valence-corrected chi connectivity index (χ2v) is 10.3. The number of hydrogen-bond donors (Lipinski definition) is 3. The van der Waals surface area contributed by atoms with Crippen LogP contribution in [0, 0.1) is 3.57 Å². The second-order valence-electron chi connectivity index (χ2n) is 9.17. The van der Waals surface area contributed by atoms with Crippen LogP contribution in [0.1, 0.15) is 30.9 Å². The number of nitrogens with zero attached hydrogens (tertiary/aromatic N) is 2. The Kier molecular flexibility index (Phi) is 12.6. The molecule has 2 aromatic rings. The lowest BCUT2D eigenvalue weighted by atomic mass is 10.2. The zero-order chi connectivity index (χ0) is 30.1. The van der Waals surface area contributed by atoms with Gasteiger partial charge in [0.1, 0.15) is 24.7 Å². The molecule has 0 aliphatic carbocycles. The summed E-state index contributed by atoms with van der Waals surface area (Å²) in [5, 5.41) is 8.79. The normalized spacial score (nSPS) is 25.9. The average Bonchev–Trinajstić information content (AvgIpc) is 3.54. The van der Waals surface area contributed by atoms with Gasteiger partial charge in [-0.3, -0.25) is 28.7 Å². The van der Waals surface area contributed by atoms with Gasteiger partial charge in [-0.1, -0.05) is 6.08 Å². The van der Waals surface area contributed by atoms with E-state index in [-0.39, 0.29) is 36.6 Å². The largest absolute Gasteiger partial charge is 0.392 e. The van der Waals surface area contributed by atoms with E-state index >= 15 is 0 Å². The highest BCUT2D eigenvalue weighted by atomic mass is 127. The highest BCUT2D eigenvalue weighted by Gasteiger charge is 2.38. The third-order valence-electron chi connectivity index (χ3n) is 6.57. The van der Waals surface area contributed by atoms with Gasteiger partial charge in [-0.05, 0) is 28.7 Å². The Morgan fingerprint density at radius 1 is 0.878 bits per heavy atom. The van der Waals surface area contributed by atoms with Crippen LogP contribution in [-0.4, -0.2) is 96.9 Å². The van der Waals surface area contributed by atoms with Gasteiger partial charge in [-0.15, -0.1) is 0 Å². The molecule has 2 saturated heterocycles. The minimum absolute atomic E-state index is 0.138. The fraction of sp³-hybridized carbons (Fsp3) is 0.600. The minimum Gasteiger partial charge on any atom is -0.392 e. The van der Waals surface area contributed by atoms with Crippen LogP contribution in [0.3, 0.4) is 0 Å². The number of methoxy groups -OCH3 is 4. The Bertz CT molecular complexity index is 1400. The lowest BCUT2D eigenvalue weighted by Gasteiger charge is -2.16. The molecule has 0 radical (unpaired) electrons. The van der Waals surface area contributed by atoms with E-state index < -0.39 is 35.0 Å². The van der Waals surface area contributed by atoms with Crippen molar-refractivity contribution >= 4 is 28.7 Å². The molecule has 2 aliphatic rings. The van der Waals surface area contributed by atoms with Crippen LogP contribution in [0.4, 0.5) is 0 Å². The molecule has 2 aromatic heterocycles. The highest BCUT2D eigenvalue weighted by molar-refractivity contribution is 14.1. The van der Waals surface area contributed by atoms with Gasteiger partial charge in [-0.25, -0.2) is 9.59 Å². The monoisotopic (exact) mass is 694 g/mol. The van der Waals surface area contributed by atoms with Crippen molar-refractivity contribution in [2.24, 2.45) is 0 Å². The van der Waals surface area contributed by atoms with E-state index in [2.05, 4.69) is 9.97 Å². The van der Waals surface area contributed by atoms with E-state index in [1.807, 2.05) is 22.6 Å². The predicted molar refractivity (Wildman–Crippen MR) is 154 cm³/mol. The van der Waals surface area contributed by atoms with Gasteiger partial charge >= 0.3 is 11.4 Å². The van der Waals surface area contributed by atoms with Crippen LogP contribution in [0.15, 0.2) is 37.6 Å². The molecule has 0 aromatic carbocycles. The van der Waals surface area contributed by atoms with Crippen LogP contribution in [0.2, 0.25) is 0 Å². The maximum atomic E-state index is 12.0. The summed E-state index contributed by atoms with van der Waals surface area (Å²) in [6.45, 7) is 0.550. The quantitative estimate of drug-likeness (QED) is 0.275. The van der Waals surface area contributed by atoms with E-state index in [1.165, 1.54) is 33.7 Å². The summed E-state index contributed by atoms with van der Waals surface area (Å²) >= 11 is 1.87. The Morgan fingerprint density at radius 2 is 1.37 bits per heavy atom. The van der Waals surface area contributed by atoms with E-state index in [1.54, 1.807) is 28.4 Å². The van der Waals surface area contributed by atoms with E-state index in [0.717, 1.165) is 0 Å². The summed E-state index contributed by atoms with van der Waals surface area (Å²) in [5.74, 6) is 0. The molecular weight excluding hydrogens is 659 g/mol. The van der Waals surface area contributed by atoms with Crippen molar-refractivity contribution in [3.63, 3.8) is 0 Å². The molecule has 2 aliphatic heterocycles. The van der Waals surface area contributed by atoms with E-state index in [9.17, 15) is 19.2 Å². The molecule has 0 spiro atoms. The Balaban J connectivity index is 0.000000228. The molecular formula is C25H35IN4O11. The Labute approximate surface area is 248 Å². The smallest absolute Gasteiger partial charge is 0.330 e. The molecule has 228 valence electrons. The number of aliphatic hydroxyl groups excluding tert-OH is 1. The number of aliphatic hydroxyl groups is 1. The van der Waals surface area contributed by atoms with Gasteiger partial charge in [0.15, 0.2) is 0 Å². The topological polar surface area (TPSA) is 185 Å². The number of nitrogens with one attached hydrogen (secondary N) is 2. The fourth-order valence-electron chi connectivity index (χ4n) is 4.55. The van der Waals surface area contributed by atoms with Gasteiger partial charge in [-0.2, -0.15) is 0 Å². The van der Waals surface area contributed by atoms with Crippen molar-refractivity contribution in [1.82, 2.24) is 19.1 Å². The minimum atomic E-state index is -0.552. The van der Waals surface area contributed by atoms with Gasteiger partial charge in [0.2, 0.25) is 0 Å². The van der Waals surface area contributed by atoms with Crippen LogP contribution < -0.4 is 22.5 Å². The summed E-state index contributed by atoms with van der Waals surface area (Å²) < 4.78 is 35.5. The van der Waals surface area contributed by atoms with E-state index in [4.69, 9.17) is 33.5 Å². The molecule has 0 saturated carbocycles. The number of aromatic amines is 2. The zero-order valence-electron chi connectivity index (χ0n) is 23.1. The van der Waals surface area contributed by atoms with Crippen molar-refractivity contribution in [2.75, 3.05) is 48.3 Å². The third kappa shape index (κ3) is 8.31. The second kappa shape index (κ2) is 15.7. The summed E-state index contributed by atoms with van der Waals surface area (Å²) in [4.78, 5) is 51.3. The van der Waals surface area contributed by atoms with Crippen molar-refractivity contribution < 1.29 is 33.5 Å². The SMILES string of the molecule is COC[C@H]1O[C@@H](n2cc(C=CCO)c(=O)[nH]c2=O)CC1OC.COC[C@H]1O[C@@H](n2cc(I)c(=O)[nH]c2=O)CC1OC. The van der Waals surface area contributed by atoms with Gasteiger partial charge in [0.05, 0.1) is 41.2 Å². The number of ether oxygens (including phenoxy) is 6. The first-order valence-electron chi connectivity index (χ1n) is 12.7. The maximum Gasteiger partial charge on any atom is 0.330 e. The molecule has 16 heteroatoms. The fourth-order valence-corrected chi connectivity index (χ4v) is 4.99. The van der Waals surface area contributed by atoms with Gasteiger partial charge in [0.25, 0.3) is 11.1 Å². The van der Waals surface area contributed by atoms with Crippen LogP contribution in [-0.2, 0) is 28.4 Å². The molecule has 15 nitrogen and oxygen atoms in total. The Morgan fingerprint density at radius 3 is 1.83 bits per heavy atom. The number of hydrogen-bond acceptors (Lipinski definition) is 11. The first-order valence-corrected chi connectivity index (χ1v) is 13.7. The van der Waals surface area contributed by atoms with Crippen LogP contribution >= 0.6 is 22.6 Å². The summed E-state index contributed by atoms with van der Waals surface area (Å²) in [7, 11) is 6.31. The number of rotatable bonds is 10. The molecule has 0 bridgehead atoms. The zero-order valence-corrected chi connectivity index (χ0v) is 25.3. The first-order chi connectivity index (χ1) is 19.7. The lowest BCUT2D eigenvalue weighted by Crippen LogP contribution is -2.33. The van der Waals surface area contributed by atoms with Crippen molar-refractivity contribution in [1.29, 1.82) is 0 Å². The van der Waals surface area contributed by atoms with Gasteiger partial charge in [0, 0.05) is 53.7 Å². The summed E-state index contributed by atoms with van der Waals surface area (Å²) in [6.07, 6.45) is 4.94. The molecule has 4 rings (SSSR count). The van der Waals surface area contributed by atoms with Crippen molar-refractivity contribution in [2.45, 2.75) is 49.7 Å². The molecule has 2 fully saturated rings. The number of H-pyrrole nitrogens is 2. The highest BCUT2D eigenvalue weighted by Crippen LogP contribution is 2.30. The van der Waals surface area contributed by atoms with E-state index in [0.29, 0.717) is 29.6 Å². The molecule has 4 heterocycles. The number of aromatic nitrogens is 4. The molecule has 41 heavy (non-hydrogen) atoms. The van der Waals surface area contributed by atoms with Crippen LogP contribution in [0.5, 0.6) is 0 Å². The molecule has 6 atom stereocenters. The molecule has 0 amide bonds. The van der Waals surface area contributed by atoms with Crippen LogP contribution in [0.25, 0.3) is 6.08 Å². The standard InChI is InChI=1S/C14H20N2O6.C11H15IN2O5/c1-20-8-11-10(21-2)6-12(22-11)16-7-9(4-3-5-17)13(18)15-14(16)19;1-17-5-8-7(18-2)3-9(19-8)14-4-6(12)10(15)13-11(14)16/h3-4,7,10-12,17H,5-6,8H2,1-2H3,(H,15,18,19);4,7-9H,3,5H2,1-2H3,(H,13,15,16)/t10?,11-,12-;7?,8-,9-/m11/s1. The van der Waals surface area contributed by atoms with Crippen molar-refractivity contribution in [3.05, 3.63) is 69.3 Å². The summed E-state index contributed by atoms with van der Waals surface area (Å²) in [6, 6.07) is 0. The first kappa shape index (κ1) is 33.1. The lowest BCUT2D eigenvalue weighted by molar-refractivity contribution is -0.0618.